The number of thiophene rings is 1. The second-order valence-corrected chi connectivity index (χ2v) is 6.34. The predicted molar refractivity (Wildman–Crippen MR) is 75.0 cm³/mol. The van der Waals surface area contributed by atoms with Crippen molar-refractivity contribution < 1.29 is 9.53 Å². The molecule has 0 aliphatic carbocycles. The summed E-state index contributed by atoms with van der Waals surface area (Å²) in [7, 11) is 0. The first-order valence-corrected chi connectivity index (χ1v) is 7.49. The number of Topliss-reactive ketones (excluding diaryl/α,β-unsaturated/α-hetero) is 1. The summed E-state index contributed by atoms with van der Waals surface area (Å²) in [4.78, 5) is 17.7. The Labute approximate surface area is 118 Å². The molecule has 3 nitrogen and oxygen atoms in total. The summed E-state index contributed by atoms with van der Waals surface area (Å²) in [5.41, 5.74) is 2.86. The molecule has 0 N–H and O–H groups in total. The molecule has 18 heavy (non-hydrogen) atoms. The summed E-state index contributed by atoms with van der Waals surface area (Å²) in [5.74, 6) is -0.0204. The lowest BCUT2D eigenvalue weighted by Crippen LogP contribution is -2.09. The standard InChI is InChI=1S/C12H12ClNO2S2/c1-8-10(17-7-14-8)4-5-16-6-9(15)11-2-3-12(13)18-11/h2-3,7H,4-6H2,1H3. The largest absolute Gasteiger partial charge is 0.373 e. The molecule has 0 amide bonds. The molecule has 0 bridgehead atoms. The van der Waals surface area contributed by atoms with Crippen molar-refractivity contribution in [1.29, 1.82) is 0 Å². The van der Waals surface area contributed by atoms with Gasteiger partial charge in [-0.3, -0.25) is 4.79 Å². The highest BCUT2D eigenvalue weighted by molar-refractivity contribution is 7.18. The minimum absolute atomic E-state index is 0.0204. The van der Waals surface area contributed by atoms with Gasteiger partial charge in [-0.05, 0) is 19.1 Å². The number of ketones is 1. The van der Waals surface area contributed by atoms with Gasteiger partial charge in [0.05, 0.1) is 27.0 Å². The predicted octanol–water partition coefficient (Wildman–Crippen LogP) is 3.61. The number of ether oxygens (including phenoxy) is 1. The molecule has 0 atom stereocenters. The SMILES string of the molecule is Cc1ncsc1CCOCC(=O)c1ccc(Cl)s1. The molecule has 0 aliphatic rings. The summed E-state index contributed by atoms with van der Waals surface area (Å²) in [6.45, 7) is 2.62. The topological polar surface area (TPSA) is 39.2 Å². The van der Waals surface area contributed by atoms with Crippen molar-refractivity contribution in [3.05, 3.63) is 37.4 Å². The van der Waals surface area contributed by atoms with Gasteiger partial charge in [-0.15, -0.1) is 22.7 Å². The van der Waals surface area contributed by atoms with Crippen LogP contribution in [-0.2, 0) is 11.2 Å². The molecule has 0 aliphatic heterocycles. The van der Waals surface area contributed by atoms with Crippen molar-refractivity contribution in [2.45, 2.75) is 13.3 Å². The summed E-state index contributed by atoms with van der Waals surface area (Å²) in [6, 6.07) is 3.45. The summed E-state index contributed by atoms with van der Waals surface area (Å²) in [5, 5.41) is 0. The van der Waals surface area contributed by atoms with Crippen LogP contribution in [0.5, 0.6) is 0 Å². The van der Waals surface area contributed by atoms with E-state index in [2.05, 4.69) is 4.98 Å². The highest BCUT2D eigenvalue weighted by atomic mass is 35.5. The van der Waals surface area contributed by atoms with Gasteiger partial charge in [-0.25, -0.2) is 4.98 Å². The number of nitrogens with zero attached hydrogens (tertiary/aromatic N) is 1. The van der Waals surface area contributed by atoms with E-state index in [1.54, 1.807) is 23.5 Å². The molecule has 0 radical (unpaired) electrons. The van der Waals surface area contributed by atoms with Gasteiger partial charge in [0.25, 0.3) is 0 Å². The highest BCUT2D eigenvalue weighted by Crippen LogP contribution is 2.21. The maximum absolute atomic E-state index is 11.7. The van der Waals surface area contributed by atoms with Gasteiger partial charge in [-0.2, -0.15) is 0 Å². The van der Waals surface area contributed by atoms with Crippen LogP contribution in [0.25, 0.3) is 0 Å². The monoisotopic (exact) mass is 301 g/mol. The first-order chi connectivity index (χ1) is 8.66. The zero-order valence-electron chi connectivity index (χ0n) is 9.81. The first kappa shape index (κ1) is 13.7. The Morgan fingerprint density at radius 2 is 2.33 bits per heavy atom. The van der Waals surface area contributed by atoms with Gasteiger partial charge < -0.3 is 4.74 Å². The Bertz CT molecular complexity index is 536. The van der Waals surface area contributed by atoms with E-state index >= 15 is 0 Å². The quantitative estimate of drug-likeness (QED) is 0.604. The Hall–Kier alpha value is -0.750. The number of carbonyl (C=O) groups is 1. The number of carbonyl (C=O) groups excluding carboxylic acids is 1. The lowest BCUT2D eigenvalue weighted by Gasteiger charge is -2.01. The molecule has 6 heteroatoms. The van der Waals surface area contributed by atoms with Crippen molar-refractivity contribution in [3.63, 3.8) is 0 Å². The molecule has 0 saturated heterocycles. The Kier molecular flexibility index (Phi) is 4.88. The van der Waals surface area contributed by atoms with Crippen LogP contribution in [0.4, 0.5) is 0 Å². The lowest BCUT2D eigenvalue weighted by atomic mass is 10.3. The summed E-state index contributed by atoms with van der Waals surface area (Å²) >= 11 is 8.67. The van der Waals surface area contributed by atoms with E-state index in [-0.39, 0.29) is 12.4 Å². The fourth-order valence-corrected chi connectivity index (χ4v) is 3.16. The third-order valence-electron chi connectivity index (χ3n) is 2.40. The van der Waals surface area contributed by atoms with Crippen LogP contribution in [-0.4, -0.2) is 24.0 Å². The third-order valence-corrected chi connectivity index (χ3v) is 4.67. The van der Waals surface area contributed by atoms with Crippen LogP contribution in [0.2, 0.25) is 4.34 Å². The molecule has 2 rings (SSSR count). The molecule has 0 unspecified atom stereocenters. The minimum atomic E-state index is -0.0204. The smallest absolute Gasteiger partial charge is 0.198 e. The van der Waals surface area contributed by atoms with Crippen LogP contribution in [0.1, 0.15) is 20.2 Å². The Balaban J connectivity index is 1.73. The van der Waals surface area contributed by atoms with Gasteiger partial charge in [0.1, 0.15) is 6.61 Å². The summed E-state index contributed by atoms with van der Waals surface area (Å²) in [6.07, 6.45) is 0.801. The van der Waals surface area contributed by atoms with Crippen molar-refractivity contribution in [1.82, 2.24) is 4.98 Å². The molecule has 0 aromatic carbocycles. The molecule has 0 fully saturated rings. The Morgan fingerprint density at radius 1 is 1.50 bits per heavy atom. The number of aryl methyl sites for hydroxylation is 1. The fraction of sp³-hybridized carbons (Fsp3) is 0.333. The van der Waals surface area contributed by atoms with E-state index < -0.39 is 0 Å². The van der Waals surface area contributed by atoms with E-state index in [4.69, 9.17) is 16.3 Å². The van der Waals surface area contributed by atoms with E-state index in [0.717, 1.165) is 12.1 Å². The average molecular weight is 302 g/mol. The molecule has 96 valence electrons. The van der Waals surface area contributed by atoms with Gasteiger partial charge in [0.15, 0.2) is 5.78 Å². The van der Waals surface area contributed by atoms with Crippen molar-refractivity contribution >= 4 is 40.1 Å². The van der Waals surface area contributed by atoms with Gasteiger partial charge >= 0.3 is 0 Å². The van der Waals surface area contributed by atoms with Crippen LogP contribution < -0.4 is 0 Å². The fourth-order valence-electron chi connectivity index (χ4n) is 1.43. The van der Waals surface area contributed by atoms with E-state index in [0.29, 0.717) is 15.8 Å². The van der Waals surface area contributed by atoms with Crippen LogP contribution >= 0.6 is 34.3 Å². The highest BCUT2D eigenvalue weighted by Gasteiger charge is 2.09. The zero-order valence-corrected chi connectivity index (χ0v) is 12.2. The molecular weight excluding hydrogens is 290 g/mol. The number of hydrogen-bond acceptors (Lipinski definition) is 5. The minimum Gasteiger partial charge on any atom is -0.373 e. The van der Waals surface area contributed by atoms with Crippen molar-refractivity contribution in [2.75, 3.05) is 13.2 Å². The molecule has 2 aromatic heterocycles. The van der Waals surface area contributed by atoms with Gasteiger partial charge in [0.2, 0.25) is 0 Å². The lowest BCUT2D eigenvalue weighted by molar-refractivity contribution is 0.0770. The number of thiazole rings is 1. The zero-order chi connectivity index (χ0) is 13.0. The average Bonchev–Trinajstić information content (AvgIpc) is 2.94. The summed E-state index contributed by atoms with van der Waals surface area (Å²) < 4.78 is 6.00. The number of halogens is 1. The van der Waals surface area contributed by atoms with Gasteiger partial charge in [-0.1, -0.05) is 11.6 Å². The first-order valence-electron chi connectivity index (χ1n) is 5.42. The molecule has 2 aromatic rings. The second-order valence-electron chi connectivity index (χ2n) is 3.69. The van der Waals surface area contributed by atoms with Gasteiger partial charge in [0, 0.05) is 11.3 Å². The van der Waals surface area contributed by atoms with Crippen LogP contribution in [0.3, 0.4) is 0 Å². The molecular formula is C12H12ClNO2S2. The van der Waals surface area contributed by atoms with E-state index in [9.17, 15) is 4.79 Å². The maximum Gasteiger partial charge on any atom is 0.198 e. The number of hydrogen-bond donors (Lipinski definition) is 0. The van der Waals surface area contributed by atoms with Crippen LogP contribution in [0, 0.1) is 6.92 Å². The molecule has 0 saturated carbocycles. The van der Waals surface area contributed by atoms with E-state index in [1.165, 1.54) is 16.2 Å². The van der Waals surface area contributed by atoms with Crippen molar-refractivity contribution in [3.8, 4) is 0 Å². The number of rotatable bonds is 6. The normalized spacial score (nSPS) is 10.8. The second kappa shape index (κ2) is 6.43. The van der Waals surface area contributed by atoms with Crippen molar-refractivity contribution in [2.24, 2.45) is 0 Å². The molecule has 0 spiro atoms. The number of aromatic nitrogens is 1. The molecule has 2 heterocycles. The third kappa shape index (κ3) is 3.62. The van der Waals surface area contributed by atoms with E-state index in [1.807, 2.05) is 12.4 Å². The van der Waals surface area contributed by atoms with Crippen LogP contribution in [0.15, 0.2) is 17.6 Å². The maximum atomic E-state index is 11.7. The Morgan fingerprint density at radius 3 is 2.94 bits per heavy atom.